The van der Waals surface area contributed by atoms with Gasteiger partial charge in [-0.25, -0.2) is 0 Å². The minimum absolute atomic E-state index is 0.866. The summed E-state index contributed by atoms with van der Waals surface area (Å²) < 4.78 is 0. The summed E-state index contributed by atoms with van der Waals surface area (Å²) >= 11 is 0. The molecule has 0 aromatic carbocycles. The van der Waals surface area contributed by atoms with Crippen LogP contribution in [-0.2, 0) is 0 Å². The van der Waals surface area contributed by atoms with Gasteiger partial charge in [-0.1, -0.05) is 26.7 Å². The van der Waals surface area contributed by atoms with E-state index in [4.69, 9.17) is 0 Å². The average Bonchev–Trinajstić information content (AvgIpc) is 2.40. The van der Waals surface area contributed by atoms with Crippen molar-refractivity contribution >= 4 is 0 Å². The summed E-state index contributed by atoms with van der Waals surface area (Å²) in [5, 5.41) is 3.34. The van der Waals surface area contributed by atoms with Crippen LogP contribution in [-0.4, -0.2) is 37.6 Å². The van der Waals surface area contributed by atoms with E-state index < -0.39 is 0 Å². The molecule has 0 radical (unpaired) electrons. The van der Waals surface area contributed by atoms with E-state index in [1.54, 1.807) is 0 Å². The molecule has 2 heteroatoms. The Labute approximate surface area is 114 Å². The van der Waals surface area contributed by atoms with Gasteiger partial charge in [0.25, 0.3) is 0 Å². The Bertz CT molecular complexity index is 231. The van der Waals surface area contributed by atoms with Crippen LogP contribution in [0.1, 0.15) is 52.4 Å². The van der Waals surface area contributed by atoms with E-state index in [2.05, 4.69) is 31.1 Å². The Morgan fingerprint density at radius 3 is 2.33 bits per heavy atom. The van der Waals surface area contributed by atoms with Crippen LogP contribution in [0.2, 0.25) is 0 Å². The third-order valence-corrected chi connectivity index (χ3v) is 5.25. The monoisotopic (exact) mass is 252 g/mol. The third-order valence-electron chi connectivity index (χ3n) is 5.25. The number of likely N-dealkylation sites (tertiary alicyclic amines) is 1. The number of rotatable bonds is 4. The smallest absolute Gasteiger partial charge is 0.0126 e. The van der Waals surface area contributed by atoms with E-state index in [1.165, 1.54) is 58.2 Å². The molecule has 2 rings (SSSR count). The van der Waals surface area contributed by atoms with E-state index >= 15 is 0 Å². The first kappa shape index (κ1) is 14.3. The van der Waals surface area contributed by atoms with Crippen LogP contribution < -0.4 is 5.32 Å². The number of nitrogens with zero attached hydrogens (tertiary/aromatic N) is 1. The van der Waals surface area contributed by atoms with E-state index in [-0.39, 0.29) is 0 Å². The summed E-state index contributed by atoms with van der Waals surface area (Å²) in [5.41, 5.74) is 0. The fourth-order valence-electron chi connectivity index (χ4n) is 4.15. The number of piperidine rings is 1. The van der Waals surface area contributed by atoms with Crippen molar-refractivity contribution in [3.05, 3.63) is 0 Å². The van der Waals surface area contributed by atoms with Crippen molar-refractivity contribution in [1.29, 1.82) is 0 Å². The second-order valence-electron chi connectivity index (χ2n) is 6.80. The van der Waals surface area contributed by atoms with Gasteiger partial charge >= 0.3 is 0 Å². The van der Waals surface area contributed by atoms with E-state index in [0.717, 1.165) is 23.8 Å². The van der Waals surface area contributed by atoms with E-state index in [0.29, 0.717) is 0 Å². The summed E-state index contributed by atoms with van der Waals surface area (Å²) in [6.07, 6.45) is 8.67. The van der Waals surface area contributed by atoms with Crippen LogP contribution in [0.3, 0.4) is 0 Å². The summed E-state index contributed by atoms with van der Waals surface area (Å²) in [5.74, 6) is 2.75. The van der Waals surface area contributed by atoms with Crippen molar-refractivity contribution in [2.75, 3.05) is 26.7 Å². The molecule has 2 aliphatic rings. The Hall–Kier alpha value is -0.0800. The number of nitrogens with one attached hydrogen (secondary N) is 1. The van der Waals surface area contributed by atoms with Gasteiger partial charge in [0, 0.05) is 6.04 Å². The van der Waals surface area contributed by atoms with Gasteiger partial charge in [-0.15, -0.1) is 0 Å². The molecule has 1 saturated carbocycles. The molecule has 0 aromatic rings. The molecule has 106 valence electrons. The zero-order valence-electron chi connectivity index (χ0n) is 12.6. The summed E-state index contributed by atoms with van der Waals surface area (Å²) in [4.78, 5) is 2.83. The highest BCUT2D eigenvalue weighted by Gasteiger charge is 2.33. The summed E-state index contributed by atoms with van der Waals surface area (Å²) in [6, 6.07) is 0.897. The van der Waals surface area contributed by atoms with Gasteiger partial charge in [0.2, 0.25) is 0 Å². The molecule has 0 bridgehead atoms. The first-order valence-corrected chi connectivity index (χ1v) is 8.11. The first-order chi connectivity index (χ1) is 8.72. The Balaban J connectivity index is 1.87. The Morgan fingerprint density at radius 1 is 1.06 bits per heavy atom. The molecular formula is C16H32N2. The van der Waals surface area contributed by atoms with Crippen LogP contribution in [0.5, 0.6) is 0 Å². The van der Waals surface area contributed by atoms with Gasteiger partial charge in [0.15, 0.2) is 0 Å². The summed E-state index contributed by atoms with van der Waals surface area (Å²) in [6.45, 7) is 8.76. The van der Waals surface area contributed by atoms with Crippen LogP contribution >= 0.6 is 0 Å². The average molecular weight is 252 g/mol. The minimum atomic E-state index is 0.866. The number of hydrogen-bond donors (Lipinski definition) is 1. The zero-order chi connectivity index (χ0) is 13.0. The van der Waals surface area contributed by atoms with Crippen LogP contribution in [0.25, 0.3) is 0 Å². The molecule has 0 aromatic heterocycles. The lowest BCUT2D eigenvalue weighted by Gasteiger charge is -2.45. The fraction of sp³-hybridized carbons (Fsp3) is 1.00. The Morgan fingerprint density at radius 2 is 1.72 bits per heavy atom. The highest BCUT2D eigenvalue weighted by atomic mass is 15.2. The van der Waals surface area contributed by atoms with Gasteiger partial charge in [0.05, 0.1) is 0 Å². The maximum Gasteiger partial charge on any atom is 0.0126 e. The molecule has 1 aliphatic carbocycles. The topological polar surface area (TPSA) is 15.3 Å². The van der Waals surface area contributed by atoms with E-state index in [1.807, 2.05) is 0 Å². The quantitative estimate of drug-likeness (QED) is 0.827. The molecule has 2 nitrogen and oxygen atoms in total. The Kier molecular flexibility index (Phi) is 5.50. The maximum atomic E-state index is 3.34. The number of hydrogen-bond acceptors (Lipinski definition) is 2. The molecule has 1 heterocycles. The maximum absolute atomic E-state index is 3.34. The predicted molar refractivity (Wildman–Crippen MR) is 78.8 cm³/mol. The lowest BCUT2D eigenvalue weighted by Crippen LogP contribution is -2.48. The molecule has 2 fully saturated rings. The lowest BCUT2D eigenvalue weighted by atomic mass is 9.76. The van der Waals surface area contributed by atoms with Crippen molar-refractivity contribution in [3.8, 4) is 0 Å². The molecule has 1 N–H and O–H groups in total. The van der Waals surface area contributed by atoms with Crippen molar-refractivity contribution in [2.45, 2.75) is 58.4 Å². The fourth-order valence-corrected chi connectivity index (χ4v) is 4.15. The molecule has 1 saturated heterocycles. The van der Waals surface area contributed by atoms with Crippen molar-refractivity contribution in [2.24, 2.45) is 17.8 Å². The van der Waals surface area contributed by atoms with Crippen molar-refractivity contribution < 1.29 is 0 Å². The molecular weight excluding hydrogens is 220 g/mol. The zero-order valence-corrected chi connectivity index (χ0v) is 12.6. The highest BCUT2D eigenvalue weighted by molar-refractivity contribution is 4.87. The molecule has 0 spiro atoms. The SMILES string of the molecule is CNCC1CCN(C2CCCCC2C(C)C)CC1. The molecule has 1 aliphatic heterocycles. The second-order valence-corrected chi connectivity index (χ2v) is 6.80. The molecule has 0 amide bonds. The van der Waals surface area contributed by atoms with Crippen LogP contribution in [0.4, 0.5) is 0 Å². The van der Waals surface area contributed by atoms with Gasteiger partial charge in [0.1, 0.15) is 0 Å². The van der Waals surface area contributed by atoms with Crippen molar-refractivity contribution in [1.82, 2.24) is 10.2 Å². The first-order valence-electron chi connectivity index (χ1n) is 8.11. The molecule has 2 unspecified atom stereocenters. The second kappa shape index (κ2) is 6.91. The van der Waals surface area contributed by atoms with Crippen molar-refractivity contribution in [3.63, 3.8) is 0 Å². The lowest BCUT2D eigenvalue weighted by molar-refractivity contribution is 0.0503. The standard InChI is InChI=1S/C16H32N2/c1-13(2)15-6-4-5-7-16(15)18-10-8-14(9-11-18)12-17-3/h13-17H,4-12H2,1-3H3. The van der Waals surface area contributed by atoms with Gasteiger partial charge in [-0.05, 0) is 70.1 Å². The molecule has 2 atom stereocenters. The van der Waals surface area contributed by atoms with E-state index in [9.17, 15) is 0 Å². The highest BCUT2D eigenvalue weighted by Crippen LogP contribution is 2.35. The predicted octanol–water partition coefficient (Wildman–Crippen LogP) is 3.13. The summed E-state index contributed by atoms with van der Waals surface area (Å²) in [7, 11) is 2.09. The normalized spacial score (nSPS) is 32.0. The third kappa shape index (κ3) is 3.48. The minimum Gasteiger partial charge on any atom is -0.319 e. The van der Waals surface area contributed by atoms with Gasteiger partial charge < -0.3 is 10.2 Å². The van der Waals surface area contributed by atoms with Crippen LogP contribution in [0, 0.1) is 17.8 Å². The largest absolute Gasteiger partial charge is 0.319 e. The molecule has 18 heavy (non-hydrogen) atoms. The van der Waals surface area contributed by atoms with Gasteiger partial charge in [-0.2, -0.15) is 0 Å². The van der Waals surface area contributed by atoms with Crippen LogP contribution in [0.15, 0.2) is 0 Å². The van der Waals surface area contributed by atoms with Gasteiger partial charge in [-0.3, -0.25) is 0 Å².